The molecule has 0 aromatic heterocycles. The normalized spacial score (nSPS) is 23.1. The van der Waals surface area contributed by atoms with E-state index in [0.717, 1.165) is 25.3 Å². The molecule has 112 valence electrons. The maximum atomic E-state index is 13.4. The van der Waals surface area contributed by atoms with Crippen molar-refractivity contribution in [1.29, 1.82) is 0 Å². The lowest BCUT2D eigenvalue weighted by Crippen LogP contribution is -2.37. The second-order valence-electron chi connectivity index (χ2n) is 5.42. The minimum Gasteiger partial charge on any atom is -0.316 e. The summed E-state index contributed by atoms with van der Waals surface area (Å²) in [5, 5.41) is 2.90. The summed E-state index contributed by atoms with van der Waals surface area (Å²) >= 11 is 0. The van der Waals surface area contributed by atoms with Crippen molar-refractivity contribution < 1.29 is 12.8 Å². The highest BCUT2D eigenvalue weighted by molar-refractivity contribution is 7.89. The summed E-state index contributed by atoms with van der Waals surface area (Å²) in [4.78, 5) is 0.0333. The van der Waals surface area contributed by atoms with E-state index in [0.29, 0.717) is 18.0 Å². The van der Waals surface area contributed by atoms with Crippen LogP contribution in [0.1, 0.15) is 31.7 Å². The van der Waals surface area contributed by atoms with Crippen LogP contribution in [0.5, 0.6) is 0 Å². The van der Waals surface area contributed by atoms with Crippen molar-refractivity contribution in [2.24, 2.45) is 5.92 Å². The largest absolute Gasteiger partial charge is 0.316 e. The van der Waals surface area contributed by atoms with Crippen molar-refractivity contribution >= 4 is 10.0 Å². The summed E-state index contributed by atoms with van der Waals surface area (Å²) in [5.74, 6) is -0.212. The Kier molecular flexibility index (Phi) is 4.78. The van der Waals surface area contributed by atoms with Gasteiger partial charge in [0.2, 0.25) is 10.0 Å². The highest BCUT2D eigenvalue weighted by Gasteiger charge is 2.29. The summed E-state index contributed by atoms with van der Waals surface area (Å²) in [7, 11) is -1.95. The number of halogens is 1. The predicted molar refractivity (Wildman–Crippen MR) is 76.3 cm³/mol. The minimum absolute atomic E-state index is 0.0333. The molecular weight excluding hydrogens is 279 g/mol. The molecule has 0 heterocycles. The van der Waals surface area contributed by atoms with E-state index in [1.165, 1.54) is 12.1 Å². The van der Waals surface area contributed by atoms with Gasteiger partial charge in [0.15, 0.2) is 0 Å². The van der Waals surface area contributed by atoms with Crippen LogP contribution in [0.4, 0.5) is 4.39 Å². The summed E-state index contributed by atoms with van der Waals surface area (Å²) < 4.78 is 41.1. The van der Waals surface area contributed by atoms with Gasteiger partial charge in [-0.1, -0.05) is 19.4 Å². The summed E-state index contributed by atoms with van der Waals surface area (Å²) in [6.45, 7) is 2.43. The van der Waals surface area contributed by atoms with Crippen molar-refractivity contribution in [3.8, 4) is 0 Å². The molecule has 0 amide bonds. The number of hydrogen-bond donors (Lipinski definition) is 2. The van der Waals surface area contributed by atoms with Gasteiger partial charge in [-0.25, -0.2) is 17.5 Å². The molecular formula is C14H21FN2O2S. The van der Waals surface area contributed by atoms with Gasteiger partial charge in [-0.2, -0.15) is 0 Å². The third-order valence-corrected chi connectivity index (χ3v) is 5.43. The molecule has 0 saturated heterocycles. The number of benzene rings is 1. The van der Waals surface area contributed by atoms with Crippen molar-refractivity contribution in [3.63, 3.8) is 0 Å². The van der Waals surface area contributed by atoms with Crippen LogP contribution in [0.2, 0.25) is 0 Å². The van der Waals surface area contributed by atoms with Crippen molar-refractivity contribution in [2.45, 2.75) is 43.7 Å². The van der Waals surface area contributed by atoms with Crippen LogP contribution in [0.15, 0.2) is 23.1 Å². The van der Waals surface area contributed by atoms with Gasteiger partial charge >= 0.3 is 0 Å². The Morgan fingerprint density at radius 3 is 2.70 bits per heavy atom. The molecule has 1 aromatic rings. The molecule has 1 fully saturated rings. The lowest BCUT2D eigenvalue weighted by Gasteiger charge is -2.19. The van der Waals surface area contributed by atoms with Gasteiger partial charge < -0.3 is 5.32 Å². The smallest absolute Gasteiger partial charge is 0.241 e. The van der Waals surface area contributed by atoms with Gasteiger partial charge in [0.05, 0.1) is 4.90 Å². The van der Waals surface area contributed by atoms with Gasteiger partial charge in [0, 0.05) is 12.6 Å². The van der Waals surface area contributed by atoms with Crippen LogP contribution < -0.4 is 10.0 Å². The van der Waals surface area contributed by atoms with Crippen molar-refractivity contribution in [2.75, 3.05) is 7.05 Å². The quantitative estimate of drug-likeness (QED) is 0.874. The molecule has 6 heteroatoms. The number of rotatable bonds is 5. The highest BCUT2D eigenvalue weighted by atomic mass is 32.2. The predicted octanol–water partition coefficient (Wildman–Crippen LogP) is 2.01. The van der Waals surface area contributed by atoms with Gasteiger partial charge in [0.25, 0.3) is 0 Å². The van der Waals surface area contributed by atoms with Crippen LogP contribution in [-0.2, 0) is 16.6 Å². The van der Waals surface area contributed by atoms with E-state index in [1.807, 2.05) is 6.92 Å². The molecule has 1 aliphatic carbocycles. The lowest BCUT2D eigenvalue weighted by molar-refractivity contribution is 0.475. The van der Waals surface area contributed by atoms with E-state index >= 15 is 0 Å². The van der Waals surface area contributed by atoms with Crippen LogP contribution in [0.3, 0.4) is 0 Å². The Balaban J connectivity index is 2.30. The maximum Gasteiger partial charge on any atom is 0.241 e. The molecule has 0 aliphatic heterocycles. The molecule has 4 nitrogen and oxygen atoms in total. The molecule has 0 spiro atoms. The number of hydrogen-bond acceptors (Lipinski definition) is 3. The first-order valence-electron chi connectivity index (χ1n) is 6.89. The molecule has 2 rings (SSSR count). The first-order valence-corrected chi connectivity index (χ1v) is 8.37. The third-order valence-electron chi connectivity index (χ3n) is 3.85. The van der Waals surface area contributed by atoms with Crippen LogP contribution in [0, 0.1) is 11.7 Å². The van der Waals surface area contributed by atoms with Crippen LogP contribution in [0.25, 0.3) is 0 Å². The van der Waals surface area contributed by atoms with Crippen LogP contribution >= 0.6 is 0 Å². The van der Waals surface area contributed by atoms with E-state index in [-0.39, 0.29) is 10.9 Å². The molecule has 1 aliphatic rings. The molecule has 1 aromatic carbocycles. The van der Waals surface area contributed by atoms with E-state index < -0.39 is 15.8 Å². The zero-order valence-electron chi connectivity index (χ0n) is 11.8. The molecule has 1 saturated carbocycles. The summed E-state index contributed by atoms with van der Waals surface area (Å²) in [5.41, 5.74) is 0.576. The van der Waals surface area contributed by atoms with Gasteiger partial charge in [-0.3, -0.25) is 0 Å². The second kappa shape index (κ2) is 6.20. The van der Waals surface area contributed by atoms with Gasteiger partial charge in [-0.15, -0.1) is 0 Å². The monoisotopic (exact) mass is 300 g/mol. The first kappa shape index (κ1) is 15.4. The van der Waals surface area contributed by atoms with Crippen molar-refractivity contribution in [3.05, 3.63) is 29.6 Å². The average molecular weight is 300 g/mol. The maximum absolute atomic E-state index is 13.4. The molecule has 0 bridgehead atoms. The Bertz CT molecular complexity index is 575. The van der Waals surface area contributed by atoms with Crippen molar-refractivity contribution in [1.82, 2.24) is 10.0 Å². The highest BCUT2D eigenvalue weighted by Crippen LogP contribution is 2.27. The number of sulfonamides is 1. The Hall–Kier alpha value is -0.980. The fourth-order valence-corrected chi connectivity index (χ4v) is 4.33. The van der Waals surface area contributed by atoms with E-state index in [1.54, 1.807) is 7.05 Å². The Morgan fingerprint density at radius 1 is 1.35 bits per heavy atom. The van der Waals surface area contributed by atoms with E-state index in [2.05, 4.69) is 10.0 Å². The first-order chi connectivity index (χ1) is 9.44. The fraction of sp³-hybridized carbons (Fsp3) is 0.571. The Labute approximate surface area is 119 Å². The topological polar surface area (TPSA) is 58.2 Å². The van der Waals surface area contributed by atoms with Crippen LogP contribution in [-0.4, -0.2) is 21.5 Å². The molecule has 2 unspecified atom stereocenters. The summed E-state index contributed by atoms with van der Waals surface area (Å²) in [6, 6.07) is 3.84. The summed E-state index contributed by atoms with van der Waals surface area (Å²) in [6.07, 6.45) is 2.90. The zero-order chi connectivity index (χ0) is 14.8. The van der Waals surface area contributed by atoms with Gasteiger partial charge in [0.1, 0.15) is 5.82 Å². The molecule has 0 radical (unpaired) electrons. The molecule has 2 atom stereocenters. The third kappa shape index (κ3) is 3.37. The van der Waals surface area contributed by atoms with E-state index in [4.69, 9.17) is 0 Å². The van der Waals surface area contributed by atoms with E-state index in [9.17, 15) is 12.8 Å². The Morgan fingerprint density at radius 2 is 2.10 bits per heavy atom. The standard InChI is InChI=1S/C14H21FN2O2S/c1-10-4-3-5-13(10)17-20(18,19)14-8-12(15)7-6-11(14)9-16-2/h6-8,10,13,16-17H,3-5,9H2,1-2H3. The average Bonchev–Trinajstić information content (AvgIpc) is 2.77. The zero-order valence-corrected chi connectivity index (χ0v) is 12.6. The fourth-order valence-electron chi connectivity index (χ4n) is 2.70. The second-order valence-corrected chi connectivity index (χ2v) is 7.10. The number of nitrogens with one attached hydrogen (secondary N) is 2. The lowest BCUT2D eigenvalue weighted by atomic mass is 10.1. The minimum atomic E-state index is -3.68. The SMILES string of the molecule is CNCc1ccc(F)cc1S(=O)(=O)NC1CCCC1C. The van der Waals surface area contributed by atoms with Gasteiger partial charge in [-0.05, 0) is 43.5 Å². The molecule has 2 N–H and O–H groups in total. The molecule has 20 heavy (non-hydrogen) atoms.